The van der Waals surface area contributed by atoms with E-state index in [1.165, 1.54) is 116 Å². The summed E-state index contributed by atoms with van der Waals surface area (Å²) in [6.45, 7) is 6.41. The molecular formula is C69H112O6. The Balaban J connectivity index is 4.57. The third kappa shape index (κ3) is 60.3. The largest absolute Gasteiger partial charge is 0.462 e. The predicted molar refractivity (Wildman–Crippen MR) is 325 cm³/mol. The van der Waals surface area contributed by atoms with Gasteiger partial charge in [0.05, 0.1) is 0 Å². The fraction of sp³-hybridized carbons (Fsp3) is 0.638. The number of carbonyl (C=O) groups is 3. The Hall–Kier alpha value is -4.45. The van der Waals surface area contributed by atoms with E-state index in [0.29, 0.717) is 19.3 Å². The number of hydrogen-bond acceptors (Lipinski definition) is 6. The van der Waals surface area contributed by atoms with E-state index in [1.54, 1.807) is 0 Å². The van der Waals surface area contributed by atoms with E-state index >= 15 is 0 Å². The highest BCUT2D eigenvalue weighted by Crippen LogP contribution is 2.14. The first-order valence-electron chi connectivity index (χ1n) is 30.7. The van der Waals surface area contributed by atoms with Crippen LogP contribution in [0, 0.1) is 0 Å². The van der Waals surface area contributed by atoms with Crippen LogP contribution in [0.2, 0.25) is 0 Å². The molecule has 0 fully saturated rings. The molecule has 0 aromatic carbocycles. The van der Waals surface area contributed by atoms with Crippen LogP contribution in [0.5, 0.6) is 0 Å². The lowest BCUT2D eigenvalue weighted by molar-refractivity contribution is -0.166. The zero-order chi connectivity index (χ0) is 54.3. The Morgan fingerprint density at radius 3 is 0.947 bits per heavy atom. The number of esters is 3. The van der Waals surface area contributed by atoms with Crippen LogP contribution in [0.25, 0.3) is 0 Å². The average Bonchev–Trinajstić information content (AvgIpc) is 3.41. The fourth-order valence-electron chi connectivity index (χ4n) is 8.03. The molecule has 0 aromatic rings. The number of ether oxygens (including phenoxy) is 3. The molecule has 75 heavy (non-hydrogen) atoms. The van der Waals surface area contributed by atoms with Crippen molar-refractivity contribution in [3.8, 4) is 0 Å². The maximum atomic E-state index is 12.9. The first kappa shape index (κ1) is 70.5. The van der Waals surface area contributed by atoms with E-state index in [0.717, 1.165) is 96.3 Å². The van der Waals surface area contributed by atoms with Gasteiger partial charge in [-0.1, -0.05) is 251 Å². The monoisotopic (exact) mass is 1040 g/mol. The minimum absolute atomic E-state index is 0.119. The summed E-state index contributed by atoms with van der Waals surface area (Å²) >= 11 is 0. The van der Waals surface area contributed by atoms with E-state index in [9.17, 15) is 14.4 Å². The van der Waals surface area contributed by atoms with E-state index < -0.39 is 6.10 Å². The molecule has 0 amide bonds. The molecule has 6 heteroatoms. The summed E-state index contributed by atoms with van der Waals surface area (Å²) in [7, 11) is 0. The van der Waals surface area contributed by atoms with Crippen LogP contribution in [-0.2, 0) is 28.6 Å². The van der Waals surface area contributed by atoms with E-state index in [1.807, 2.05) is 6.08 Å². The summed E-state index contributed by atoms with van der Waals surface area (Å²) in [5, 5.41) is 0. The SMILES string of the molecule is CC/C=C\C/C=C\C/C=C\C/C=C\C/C=C\CCCCCC(=O)O[C@H](COC(=O)CC/C=C\C/C=C\C/C=C\C/C=C\C/C=C\CCCCC)COC(=O)CCCCCCCCCCC/C=C\CCCCCCCC. The van der Waals surface area contributed by atoms with Crippen molar-refractivity contribution in [1.29, 1.82) is 0 Å². The van der Waals surface area contributed by atoms with Gasteiger partial charge in [0.2, 0.25) is 0 Å². The molecule has 0 aliphatic carbocycles. The lowest BCUT2D eigenvalue weighted by Gasteiger charge is -2.18. The van der Waals surface area contributed by atoms with Crippen molar-refractivity contribution < 1.29 is 28.6 Å². The Morgan fingerprint density at radius 2 is 0.547 bits per heavy atom. The van der Waals surface area contributed by atoms with Gasteiger partial charge >= 0.3 is 17.9 Å². The first-order chi connectivity index (χ1) is 37.0. The van der Waals surface area contributed by atoms with Crippen LogP contribution in [0.3, 0.4) is 0 Å². The normalized spacial score (nSPS) is 13.1. The zero-order valence-electron chi connectivity index (χ0n) is 48.5. The summed E-state index contributed by atoms with van der Waals surface area (Å²) < 4.78 is 16.8. The average molecular weight is 1040 g/mol. The van der Waals surface area contributed by atoms with Crippen LogP contribution in [0.1, 0.15) is 265 Å². The summed E-state index contributed by atoms with van der Waals surface area (Å²) in [5.74, 6) is -1.04. The van der Waals surface area contributed by atoms with Crippen LogP contribution in [0.4, 0.5) is 0 Å². The molecule has 0 saturated carbocycles. The Bertz CT molecular complexity index is 1620. The lowest BCUT2D eigenvalue weighted by Crippen LogP contribution is -2.30. The summed E-state index contributed by atoms with van der Waals surface area (Å²) in [4.78, 5) is 38.2. The maximum absolute atomic E-state index is 12.9. The topological polar surface area (TPSA) is 78.9 Å². The minimum Gasteiger partial charge on any atom is -0.462 e. The minimum atomic E-state index is -0.833. The second-order valence-electron chi connectivity index (χ2n) is 19.9. The van der Waals surface area contributed by atoms with Crippen LogP contribution in [-0.4, -0.2) is 37.2 Å². The number of carbonyl (C=O) groups excluding carboxylic acids is 3. The van der Waals surface area contributed by atoms with Crippen molar-refractivity contribution in [1.82, 2.24) is 0 Å². The van der Waals surface area contributed by atoms with Crippen molar-refractivity contribution in [2.75, 3.05) is 13.2 Å². The Morgan fingerprint density at radius 1 is 0.280 bits per heavy atom. The predicted octanol–water partition coefficient (Wildman–Crippen LogP) is 21.0. The molecule has 1 atom stereocenters. The van der Waals surface area contributed by atoms with Gasteiger partial charge in [-0.15, -0.1) is 0 Å². The maximum Gasteiger partial charge on any atom is 0.306 e. The molecule has 6 nitrogen and oxygen atoms in total. The smallest absolute Gasteiger partial charge is 0.306 e. The molecule has 0 heterocycles. The van der Waals surface area contributed by atoms with Gasteiger partial charge in [0.25, 0.3) is 0 Å². The third-order valence-electron chi connectivity index (χ3n) is 12.6. The second kappa shape index (κ2) is 62.1. The van der Waals surface area contributed by atoms with E-state index in [4.69, 9.17) is 14.2 Å². The quantitative estimate of drug-likeness (QED) is 0.0261. The number of hydrogen-bond donors (Lipinski definition) is 0. The molecular weight excluding hydrogens is 925 g/mol. The van der Waals surface area contributed by atoms with Crippen LogP contribution in [0.15, 0.2) is 134 Å². The van der Waals surface area contributed by atoms with Crippen molar-refractivity contribution in [3.05, 3.63) is 134 Å². The van der Waals surface area contributed by atoms with Gasteiger partial charge in [0.1, 0.15) is 13.2 Å². The highest BCUT2D eigenvalue weighted by atomic mass is 16.6. The molecule has 0 aliphatic rings. The third-order valence-corrected chi connectivity index (χ3v) is 12.6. The van der Waals surface area contributed by atoms with E-state index in [-0.39, 0.29) is 44.0 Å². The van der Waals surface area contributed by atoms with Crippen LogP contribution < -0.4 is 0 Å². The summed E-state index contributed by atoms with van der Waals surface area (Å²) in [5.41, 5.74) is 0. The zero-order valence-corrected chi connectivity index (χ0v) is 48.5. The van der Waals surface area contributed by atoms with Crippen molar-refractivity contribution >= 4 is 17.9 Å². The molecule has 0 spiro atoms. The molecule has 0 N–H and O–H groups in total. The lowest BCUT2D eigenvalue weighted by atomic mass is 10.1. The van der Waals surface area contributed by atoms with Gasteiger partial charge in [-0.25, -0.2) is 0 Å². The summed E-state index contributed by atoms with van der Waals surface area (Å²) in [6, 6.07) is 0. The molecule has 424 valence electrons. The van der Waals surface area contributed by atoms with Crippen molar-refractivity contribution in [2.24, 2.45) is 0 Å². The Kier molecular flexibility index (Phi) is 58.4. The molecule has 0 aliphatic heterocycles. The standard InChI is InChI=1S/C69H112O6/c1-4-7-10-13-16-19-22-25-28-31-34-37-40-43-46-49-52-55-58-61-67(70)73-64-66(75-69(72)63-60-57-54-51-48-45-42-39-36-33-30-27-24-21-18-15-12-9-6-3)65-74-68(71)62-59-56-53-50-47-44-41-38-35-32-29-26-23-20-17-14-11-8-5-2/h9,12,16,18-19,21,25-30,34,36-37,39,43,45-46,48,52,55,66H,4-8,10-11,13-15,17,20,22-24,31-33,35,38,40-42,44,47,49-51,53-54,56-65H2,1-3H3/b12-9-,19-16-,21-18-,28-25-,29-26-,30-27-,37-34-,39-36-,46-43-,48-45-,55-52-/t66-/m1/s1. The van der Waals surface area contributed by atoms with Crippen LogP contribution >= 0.6 is 0 Å². The van der Waals surface area contributed by atoms with E-state index in [2.05, 4.69) is 148 Å². The first-order valence-corrected chi connectivity index (χ1v) is 30.7. The van der Waals surface area contributed by atoms with Gasteiger partial charge in [-0.3, -0.25) is 14.4 Å². The highest BCUT2D eigenvalue weighted by molar-refractivity contribution is 5.71. The second-order valence-corrected chi connectivity index (χ2v) is 19.9. The van der Waals surface area contributed by atoms with Gasteiger partial charge in [0.15, 0.2) is 6.10 Å². The molecule has 0 bridgehead atoms. The molecule has 0 radical (unpaired) electrons. The number of rotatable bonds is 54. The van der Waals surface area contributed by atoms with Gasteiger partial charge in [-0.05, 0) is 128 Å². The van der Waals surface area contributed by atoms with Gasteiger partial charge in [-0.2, -0.15) is 0 Å². The number of unbranched alkanes of at least 4 members (excludes halogenated alkanes) is 21. The van der Waals surface area contributed by atoms with Gasteiger partial charge in [0, 0.05) is 19.3 Å². The Labute approximate surface area is 462 Å². The van der Waals surface area contributed by atoms with Crippen molar-refractivity contribution in [3.63, 3.8) is 0 Å². The molecule has 0 rings (SSSR count). The molecule has 0 saturated heterocycles. The molecule has 0 unspecified atom stereocenters. The highest BCUT2D eigenvalue weighted by Gasteiger charge is 2.19. The molecule has 0 aromatic heterocycles. The summed E-state index contributed by atoms with van der Waals surface area (Å²) in [6.07, 6.45) is 87.4. The van der Waals surface area contributed by atoms with Crippen molar-refractivity contribution in [2.45, 2.75) is 271 Å². The van der Waals surface area contributed by atoms with Gasteiger partial charge < -0.3 is 14.2 Å². The number of allylic oxidation sites excluding steroid dienone is 22. The fourth-order valence-corrected chi connectivity index (χ4v) is 8.03.